The molecule has 0 aliphatic carbocycles. The van der Waals surface area contributed by atoms with Crippen LogP contribution in [0.1, 0.15) is 17.8 Å². The van der Waals surface area contributed by atoms with Crippen molar-refractivity contribution in [3.05, 3.63) is 47.8 Å². The van der Waals surface area contributed by atoms with Crippen LogP contribution in [-0.2, 0) is 20.0 Å². The lowest BCUT2D eigenvalue weighted by atomic mass is 10.2. The number of hydrogen-bond donors (Lipinski definition) is 2. The molecule has 2 heterocycles. The van der Waals surface area contributed by atoms with Crippen LogP contribution in [0.5, 0.6) is 0 Å². The second-order valence-electron chi connectivity index (χ2n) is 6.06. The molecule has 0 aliphatic heterocycles. The summed E-state index contributed by atoms with van der Waals surface area (Å²) in [6.45, 7) is 0.911. The Hall–Kier alpha value is -2.90. The number of hydrogen-bond acceptors (Lipinski definition) is 3. The fraction of sp³-hybridized carbons (Fsp3) is 0.353. The molecule has 0 aliphatic rings. The molecule has 0 saturated carbocycles. The molecule has 0 bridgehead atoms. The van der Waals surface area contributed by atoms with E-state index in [-0.39, 0.29) is 11.8 Å². The molecule has 1 aromatic carbocycles. The summed E-state index contributed by atoms with van der Waals surface area (Å²) >= 11 is 0. The molecule has 7 nitrogen and oxygen atoms in total. The number of halogens is 1. The largest absolute Gasteiger partial charge is 0.340 e. The zero-order valence-corrected chi connectivity index (χ0v) is 14.3. The summed E-state index contributed by atoms with van der Waals surface area (Å²) in [7, 11) is 3.58. The first kappa shape index (κ1) is 16.9. The van der Waals surface area contributed by atoms with Gasteiger partial charge in [0.15, 0.2) is 0 Å². The van der Waals surface area contributed by atoms with Crippen LogP contribution in [0.4, 0.5) is 9.18 Å². The molecule has 3 aromatic rings. The summed E-state index contributed by atoms with van der Waals surface area (Å²) in [5.74, 6) is 0.302. The van der Waals surface area contributed by atoms with Gasteiger partial charge in [0.05, 0.1) is 23.8 Å². The van der Waals surface area contributed by atoms with Gasteiger partial charge in [-0.05, 0) is 36.6 Å². The number of aromatic amines is 1. The van der Waals surface area contributed by atoms with Crippen LogP contribution in [0.15, 0.2) is 30.6 Å². The summed E-state index contributed by atoms with van der Waals surface area (Å²) in [4.78, 5) is 21.1. The summed E-state index contributed by atoms with van der Waals surface area (Å²) in [6, 6.07) is 4.21. The zero-order valence-electron chi connectivity index (χ0n) is 14.3. The van der Waals surface area contributed by atoms with Gasteiger partial charge in [-0.3, -0.25) is 4.68 Å². The molecule has 0 atom stereocenters. The van der Waals surface area contributed by atoms with Crippen molar-refractivity contribution in [3.63, 3.8) is 0 Å². The third-order valence-electron chi connectivity index (χ3n) is 3.90. The van der Waals surface area contributed by atoms with Crippen molar-refractivity contribution in [3.8, 4) is 0 Å². The summed E-state index contributed by atoms with van der Waals surface area (Å²) in [5.41, 5.74) is 2.46. The maximum Gasteiger partial charge on any atom is 0.317 e. The Bertz CT molecular complexity index is 871. The van der Waals surface area contributed by atoms with Gasteiger partial charge in [0.1, 0.15) is 11.6 Å². The number of imidazole rings is 1. The van der Waals surface area contributed by atoms with E-state index < -0.39 is 0 Å². The van der Waals surface area contributed by atoms with E-state index >= 15 is 0 Å². The number of aryl methyl sites for hydroxylation is 2. The second kappa shape index (κ2) is 7.33. The van der Waals surface area contributed by atoms with Gasteiger partial charge in [-0.1, -0.05) is 0 Å². The van der Waals surface area contributed by atoms with Crippen LogP contribution >= 0.6 is 0 Å². The molecular formula is C17H21FN6O. The molecule has 0 fully saturated rings. The van der Waals surface area contributed by atoms with Gasteiger partial charge in [-0.2, -0.15) is 5.10 Å². The molecule has 25 heavy (non-hydrogen) atoms. The quantitative estimate of drug-likeness (QED) is 0.673. The number of H-pyrrole nitrogens is 1. The van der Waals surface area contributed by atoms with Gasteiger partial charge in [0.25, 0.3) is 0 Å². The van der Waals surface area contributed by atoms with Gasteiger partial charge < -0.3 is 15.2 Å². The van der Waals surface area contributed by atoms with Gasteiger partial charge in [-0.15, -0.1) is 0 Å². The van der Waals surface area contributed by atoms with Crippen molar-refractivity contribution in [2.45, 2.75) is 19.4 Å². The molecule has 0 radical (unpaired) electrons. The van der Waals surface area contributed by atoms with Crippen molar-refractivity contribution in [2.24, 2.45) is 7.05 Å². The monoisotopic (exact) mass is 344 g/mol. The summed E-state index contributed by atoms with van der Waals surface area (Å²) < 4.78 is 15.0. The van der Waals surface area contributed by atoms with Gasteiger partial charge >= 0.3 is 6.03 Å². The average Bonchev–Trinajstić information content (AvgIpc) is 3.16. The highest BCUT2D eigenvalue weighted by Gasteiger charge is 2.11. The number of carbonyl (C=O) groups excluding carboxylic acids is 1. The lowest BCUT2D eigenvalue weighted by molar-refractivity contribution is 0.206. The number of nitrogens with one attached hydrogen (secondary N) is 2. The van der Waals surface area contributed by atoms with Crippen molar-refractivity contribution in [1.29, 1.82) is 0 Å². The van der Waals surface area contributed by atoms with E-state index in [9.17, 15) is 9.18 Å². The van der Waals surface area contributed by atoms with E-state index in [1.54, 1.807) is 17.8 Å². The smallest absolute Gasteiger partial charge is 0.317 e. The minimum absolute atomic E-state index is 0.169. The fourth-order valence-corrected chi connectivity index (χ4v) is 2.63. The number of benzene rings is 1. The minimum Gasteiger partial charge on any atom is -0.340 e. The van der Waals surface area contributed by atoms with E-state index in [4.69, 9.17) is 0 Å². The maximum atomic E-state index is 13.2. The molecular weight excluding hydrogens is 323 g/mol. The Morgan fingerprint density at radius 3 is 3.04 bits per heavy atom. The van der Waals surface area contributed by atoms with Crippen molar-refractivity contribution in [1.82, 2.24) is 30.0 Å². The van der Waals surface area contributed by atoms with Crippen LogP contribution < -0.4 is 5.32 Å². The summed E-state index contributed by atoms with van der Waals surface area (Å²) in [5, 5.41) is 7.00. The number of carbonyl (C=O) groups is 1. The third-order valence-corrected chi connectivity index (χ3v) is 3.90. The molecule has 0 spiro atoms. The zero-order chi connectivity index (χ0) is 17.8. The maximum absolute atomic E-state index is 13.2. The number of rotatable bonds is 6. The van der Waals surface area contributed by atoms with Crippen LogP contribution in [0.3, 0.4) is 0 Å². The summed E-state index contributed by atoms with van der Waals surface area (Å²) in [6.07, 6.45) is 5.51. The van der Waals surface area contributed by atoms with E-state index in [1.165, 1.54) is 17.0 Å². The lowest BCUT2D eigenvalue weighted by Crippen LogP contribution is -2.37. The Kier molecular flexibility index (Phi) is 4.97. The fourth-order valence-electron chi connectivity index (χ4n) is 2.63. The SMILES string of the molecule is CN(Cc1nc2ccc(F)cc2[nH]1)C(=O)NCCCc1cnn(C)c1. The molecule has 2 amide bonds. The highest BCUT2D eigenvalue weighted by atomic mass is 19.1. The number of fused-ring (bicyclic) bond motifs is 1. The predicted octanol–water partition coefficient (Wildman–Crippen LogP) is 2.21. The second-order valence-corrected chi connectivity index (χ2v) is 6.06. The molecule has 0 saturated heterocycles. The van der Waals surface area contributed by atoms with Crippen LogP contribution in [0.2, 0.25) is 0 Å². The van der Waals surface area contributed by atoms with Crippen LogP contribution in [0, 0.1) is 5.82 Å². The van der Waals surface area contributed by atoms with Gasteiger partial charge in [0.2, 0.25) is 0 Å². The highest BCUT2D eigenvalue weighted by molar-refractivity contribution is 5.76. The molecule has 3 rings (SSSR count). The van der Waals surface area contributed by atoms with Crippen molar-refractivity contribution < 1.29 is 9.18 Å². The molecule has 0 unspecified atom stereocenters. The van der Waals surface area contributed by atoms with Crippen molar-refractivity contribution >= 4 is 17.1 Å². The Morgan fingerprint density at radius 1 is 1.44 bits per heavy atom. The van der Waals surface area contributed by atoms with Gasteiger partial charge in [0, 0.05) is 26.8 Å². The van der Waals surface area contributed by atoms with E-state index in [0.717, 1.165) is 18.4 Å². The molecule has 2 N–H and O–H groups in total. The number of urea groups is 1. The topological polar surface area (TPSA) is 78.8 Å². The first-order valence-electron chi connectivity index (χ1n) is 8.12. The van der Waals surface area contributed by atoms with Gasteiger partial charge in [-0.25, -0.2) is 14.2 Å². The Morgan fingerprint density at radius 2 is 2.28 bits per heavy atom. The lowest BCUT2D eigenvalue weighted by Gasteiger charge is -2.16. The number of nitrogens with zero attached hydrogens (tertiary/aromatic N) is 4. The Labute approximate surface area is 144 Å². The standard InChI is InChI=1S/C17H21FN6O/c1-23(11-16-21-14-6-5-13(18)8-15(14)22-16)17(25)19-7-3-4-12-9-20-24(2)10-12/h5-6,8-10H,3-4,7,11H2,1-2H3,(H,19,25)(H,21,22). The molecule has 132 valence electrons. The minimum atomic E-state index is -0.317. The number of amides is 2. The van der Waals surface area contributed by atoms with E-state index in [0.29, 0.717) is 29.9 Å². The van der Waals surface area contributed by atoms with E-state index in [1.807, 2.05) is 19.4 Å². The van der Waals surface area contributed by atoms with Crippen LogP contribution in [0.25, 0.3) is 11.0 Å². The highest BCUT2D eigenvalue weighted by Crippen LogP contribution is 2.13. The number of aromatic nitrogens is 4. The molecule has 8 heteroatoms. The Balaban J connectivity index is 1.46. The average molecular weight is 344 g/mol. The predicted molar refractivity (Wildman–Crippen MR) is 92.4 cm³/mol. The first-order valence-corrected chi connectivity index (χ1v) is 8.12. The van der Waals surface area contributed by atoms with Crippen LogP contribution in [-0.4, -0.2) is 44.3 Å². The van der Waals surface area contributed by atoms with Crippen molar-refractivity contribution in [2.75, 3.05) is 13.6 Å². The molecule has 2 aromatic heterocycles. The van der Waals surface area contributed by atoms with E-state index in [2.05, 4.69) is 20.4 Å². The first-order chi connectivity index (χ1) is 12.0. The normalized spacial score (nSPS) is 11.0. The third kappa shape index (κ3) is 4.34.